The molecule has 8 heteroatoms. The van der Waals surface area contributed by atoms with Gasteiger partial charge in [-0.25, -0.2) is 9.97 Å². The smallest absolute Gasteiger partial charge is 0.266 e. The van der Waals surface area contributed by atoms with Gasteiger partial charge in [0.2, 0.25) is 0 Å². The molecule has 7 nitrogen and oxygen atoms in total. The number of amides is 1. The summed E-state index contributed by atoms with van der Waals surface area (Å²) in [5, 5.41) is 3.42. The lowest BCUT2D eigenvalue weighted by atomic mass is 10.2. The minimum Gasteiger partial charge on any atom is -0.331 e. The van der Waals surface area contributed by atoms with E-state index in [9.17, 15) is 9.59 Å². The van der Waals surface area contributed by atoms with Crippen LogP contribution in [0.5, 0.6) is 0 Å². The summed E-state index contributed by atoms with van der Waals surface area (Å²) in [4.78, 5) is 35.1. The van der Waals surface area contributed by atoms with Gasteiger partial charge < -0.3 is 14.5 Å². The molecule has 0 unspecified atom stereocenters. The summed E-state index contributed by atoms with van der Waals surface area (Å²) < 4.78 is 3.47. The summed E-state index contributed by atoms with van der Waals surface area (Å²) in [6.45, 7) is 3.85. The lowest BCUT2D eigenvalue weighted by Crippen LogP contribution is -2.17. The summed E-state index contributed by atoms with van der Waals surface area (Å²) in [7, 11) is 3.64. The Bertz CT molecular complexity index is 1260. The van der Waals surface area contributed by atoms with Gasteiger partial charge in [0, 0.05) is 26.2 Å². The molecule has 0 saturated carbocycles. The topological polar surface area (TPSA) is 81.8 Å². The van der Waals surface area contributed by atoms with Crippen molar-refractivity contribution in [3.63, 3.8) is 0 Å². The predicted molar refractivity (Wildman–Crippen MR) is 108 cm³/mol. The lowest BCUT2D eigenvalue weighted by molar-refractivity contribution is 0.103. The van der Waals surface area contributed by atoms with Crippen molar-refractivity contribution in [3.05, 3.63) is 51.1 Å². The number of carbonyl (C=O) groups is 1. The lowest BCUT2D eigenvalue weighted by Gasteiger charge is -2.05. The number of aromatic nitrogens is 4. The highest BCUT2D eigenvalue weighted by molar-refractivity contribution is 7.20. The Kier molecular flexibility index (Phi) is 4.07. The second-order valence-electron chi connectivity index (χ2n) is 6.50. The molecule has 4 aromatic rings. The summed E-state index contributed by atoms with van der Waals surface area (Å²) in [6.07, 6.45) is 2.32. The summed E-state index contributed by atoms with van der Waals surface area (Å²) >= 11 is 1.23. The van der Waals surface area contributed by atoms with Crippen molar-refractivity contribution in [1.29, 1.82) is 0 Å². The van der Waals surface area contributed by atoms with Gasteiger partial charge in [0.05, 0.1) is 27.6 Å². The fraction of sp³-hybridized carbons (Fsp3) is 0.263. The number of rotatable bonds is 3. The van der Waals surface area contributed by atoms with Crippen molar-refractivity contribution in [2.45, 2.75) is 20.3 Å². The highest BCUT2D eigenvalue weighted by Gasteiger charge is 2.19. The normalized spacial score (nSPS) is 11.4. The molecule has 1 N–H and O–H groups in total. The van der Waals surface area contributed by atoms with E-state index in [4.69, 9.17) is 0 Å². The molecule has 0 aliphatic rings. The Labute approximate surface area is 159 Å². The Morgan fingerprint density at radius 3 is 2.81 bits per heavy atom. The van der Waals surface area contributed by atoms with E-state index in [1.807, 2.05) is 25.2 Å². The Morgan fingerprint density at radius 1 is 1.30 bits per heavy atom. The number of carbonyl (C=O) groups excluding carboxylic acids is 1. The first kappa shape index (κ1) is 17.4. The van der Waals surface area contributed by atoms with E-state index < -0.39 is 0 Å². The molecule has 0 saturated heterocycles. The quantitative estimate of drug-likeness (QED) is 0.591. The van der Waals surface area contributed by atoms with Crippen molar-refractivity contribution < 1.29 is 4.79 Å². The van der Waals surface area contributed by atoms with Gasteiger partial charge >= 0.3 is 0 Å². The summed E-state index contributed by atoms with van der Waals surface area (Å²) in [5.41, 5.74) is 3.06. The van der Waals surface area contributed by atoms with Crippen LogP contribution in [0.1, 0.15) is 28.0 Å². The maximum Gasteiger partial charge on any atom is 0.266 e. The Morgan fingerprint density at radius 2 is 2.07 bits per heavy atom. The van der Waals surface area contributed by atoms with Gasteiger partial charge in [-0.3, -0.25) is 9.59 Å². The molecule has 0 radical (unpaired) electrons. The molecule has 3 aromatic heterocycles. The van der Waals surface area contributed by atoms with Gasteiger partial charge in [0.25, 0.3) is 11.5 Å². The van der Waals surface area contributed by atoms with Gasteiger partial charge in [0.1, 0.15) is 10.7 Å². The first-order chi connectivity index (χ1) is 12.9. The van der Waals surface area contributed by atoms with Crippen molar-refractivity contribution >= 4 is 44.2 Å². The van der Waals surface area contributed by atoms with Gasteiger partial charge in [-0.2, -0.15) is 0 Å². The van der Waals surface area contributed by atoms with E-state index in [0.717, 1.165) is 23.3 Å². The number of thiophene rings is 1. The molecule has 0 aliphatic carbocycles. The minimum atomic E-state index is -0.247. The SMILES string of the molecule is CCc1nc2cc(NC(=O)c3sc4ncn(C)c(=O)c4c3C)ccc2n1C. The third kappa shape index (κ3) is 2.73. The third-order valence-electron chi connectivity index (χ3n) is 4.76. The molecule has 3 heterocycles. The van der Waals surface area contributed by atoms with Crippen LogP contribution in [0, 0.1) is 6.92 Å². The Balaban J connectivity index is 1.71. The predicted octanol–water partition coefficient (Wildman–Crippen LogP) is 3.00. The van der Waals surface area contributed by atoms with Crippen molar-refractivity contribution in [3.8, 4) is 0 Å². The minimum absolute atomic E-state index is 0.144. The van der Waals surface area contributed by atoms with E-state index >= 15 is 0 Å². The van der Waals surface area contributed by atoms with Gasteiger partial charge in [-0.15, -0.1) is 11.3 Å². The number of fused-ring (bicyclic) bond motifs is 2. The van der Waals surface area contributed by atoms with E-state index in [-0.39, 0.29) is 11.5 Å². The van der Waals surface area contributed by atoms with Crippen LogP contribution in [-0.2, 0) is 20.5 Å². The average Bonchev–Trinajstić information content (AvgIpc) is 3.15. The molecule has 138 valence electrons. The number of hydrogen-bond acceptors (Lipinski definition) is 5. The molecule has 0 atom stereocenters. The van der Waals surface area contributed by atoms with E-state index in [1.165, 1.54) is 22.2 Å². The van der Waals surface area contributed by atoms with Crippen molar-refractivity contribution in [2.75, 3.05) is 5.32 Å². The molecule has 0 aliphatic heterocycles. The van der Waals surface area contributed by atoms with E-state index in [0.29, 0.717) is 26.3 Å². The molecule has 4 rings (SSSR count). The van der Waals surface area contributed by atoms with Crippen LogP contribution in [0.3, 0.4) is 0 Å². The molecule has 0 fully saturated rings. The standard InChI is InChI=1S/C19H19N5O2S/c1-5-14-22-12-8-11(6-7-13(12)24(14)4)21-17(25)16-10(2)15-18(27-16)20-9-23(3)19(15)26/h6-9H,5H2,1-4H3,(H,21,25). The van der Waals surface area contributed by atoms with Gasteiger partial charge in [0.15, 0.2) is 0 Å². The second kappa shape index (κ2) is 6.31. The maximum atomic E-state index is 12.8. The molecule has 0 bridgehead atoms. The monoisotopic (exact) mass is 381 g/mol. The molecule has 1 amide bonds. The average molecular weight is 381 g/mol. The molecule has 27 heavy (non-hydrogen) atoms. The fourth-order valence-corrected chi connectivity index (χ4v) is 4.29. The highest BCUT2D eigenvalue weighted by Crippen LogP contribution is 2.28. The molecular formula is C19H19N5O2S. The van der Waals surface area contributed by atoms with Crippen molar-refractivity contribution in [1.82, 2.24) is 19.1 Å². The zero-order valence-electron chi connectivity index (χ0n) is 15.5. The van der Waals surface area contributed by atoms with Crippen LogP contribution >= 0.6 is 11.3 Å². The maximum absolute atomic E-state index is 12.8. The van der Waals surface area contributed by atoms with Gasteiger partial charge in [-0.1, -0.05) is 6.92 Å². The number of aryl methyl sites for hydroxylation is 4. The van der Waals surface area contributed by atoms with Crippen LogP contribution < -0.4 is 10.9 Å². The number of nitrogens with zero attached hydrogens (tertiary/aromatic N) is 4. The van der Waals surface area contributed by atoms with Crippen LogP contribution in [0.15, 0.2) is 29.3 Å². The highest BCUT2D eigenvalue weighted by atomic mass is 32.1. The van der Waals surface area contributed by atoms with Gasteiger partial charge in [-0.05, 0) is 30.7 Å². The second-order valence-corrected chi connectivity index (χ2v) is 7.49. The first-order valence-corrected chi connectivity index (χ1v) is 9.43. The van der Waals surface area contributed by atoms with Crippen LogP contribution in [0.2, 0.25) is 0 Å². The number of nitrogens with one attached hydrogen (secondary N) is 1. The first-order valence-electron chi connectivity index (χ1n) is 8.62. The molecule has 0 spiro atoms. The largest absolute Gasteiger partial charge is 0.331 e. The number of anilines is 1. The zero-order valence-corrected chi connectivity index (χ0v) is 16.3. The number of benzene rings is 1. The summed E-state index contributed by atoms with van der Waals surface area (Å²) in [5.74, 6) is 0.749. The molecular weight excluding hydrogens is 362 g/mol. The number of hydrogen-bond donors (Lipinski definition) is 1. The Hall–Kier alpha value is -3.00. The molecule has 1 aromatic carbocycles. The fourth-order valence-electron chi connectivity index (χ4n) is 3.26. The third-order valence-corrected chi connectivity index (χ3v) is 5.96. The van der Waals surface area contributed by atoms with Crippen LogP contribution in [0.4, 0.5) is 5.69 Å². The van der Waals surface area contributed by atoms with Crippen LogP contribution in [0.25, 0.3) is 21.3 Å². The van der Waals surface area contributed by atoms with Crippen LogP contribution in [-0.4, -0.2) is 25.0 Å². The zero-order chi connectivity index (χ0) is 19.3. The van der Waals surface area contributed by atoms with E-state index in [1.54, 1.807) is 14.0 Å². The van der Waals surface area contributed by atoms with Crippen molar-refractivity contribution in [2.24, 2.45) is 14.1 Å². The van der Waals surface area contributed by atoms with E-state index in [2.05, 4.69) is 26.8 Å². The number of imidazole rings is 1. The summed E-state index contributed by atoms with van der Waals surface area (Å²) in [6, 6.07) is 5.68.